The lowest BCUT2D eigenvalue weighted by Gasteiger charge is -2.17. The summed E-state index contributed by atoms with van der Waals surface area (Å²) >= 11 is 1.54. The highest BCUT2D eigenvalue weighted by molar-refractivity contribution is 7.18. The molecule has 1 aromatic carbocycles. The number of nitrogens with zero attached hydrogens (tertiary/aromatic N) is 2. The van der Waals surface area contributed by atoms with Gasteiger partial charge in [-0.15, -0.1) is 10.2 Å². The van der Waals surface area contributed by atoms with Crippen LogP contribution in [0.5, 0.6) is 0 Å². The molecular formula is C19H25N3O2S. The highest BCUT2D eigenvalue weighted by Crippen LogP contribution is 2.26. The summed E-state index contributed by atoms with van der Waals surface area (Å²) in [6, 6.07) is 7.85. The summed E-state index contributed by atoms with van der Waals surface area (Å²) in [5.74, 6) is -0.344. The normalized spacial score (nSPS) is 11.7. The van der Waals surface area contributed by atoms with Gasteiger partial charge in [0.2, 0.25) is 5.13 Å². The first-order valence-corrected chi connectivity index (χ1v) is 9.28. The summed E-state index contributed by atoms with van der Waals surface area (Å²) in [5, 5.41) is 13.4. The van der Waals surface area contributed by atoms with Crippen LogP contribution in [-0.4, -0.2) is 28.3 Å². The van der Waals surface area contributed by atoms with E-state index < -0.39 is 5.60 Å². The van der Waals surface area contributed by atoms with Crippen molar-refractivity contribution in [3.05, 3.63) is 35.9 Å². The van der Waals surface area contributed by atoms with Crippen LogP contribution in [0.15, 0.2) is 30.3 Å². The molecule has 1 aromatic heterocycles. The highest BCUT2D eigenvalue weighted by Gasteiger charge is 2.13. The monoisotopic (exact) mass is 359 g/mol. The predicted octanol–water partition coefficient (Wildman–Crippen LogP) is 4.77. The second-order valence-electron chi connectivity index (χ2n) is 6.68. The van der Waals surface area contributed by atoms with Gasteiger partial charge in [0, 0.05) is 18.2 Å². The SMILES string of the molecule is CCCCNc1nnc(-c2ccc(C=CC(=O)OC(C)(C)C)cc2)s1. The molecule has 0 aliphatic carbocycles. The number of unbranched alkanes of at least 4 members (excludes halogenated alkanes) is 1. The maximum Gasteiger partial charge on any atom is 0.331 e. The number of rotatable bonds is 7. The number of benzene rings is 1. The summed E-state index contributed by atoms with van der Waals surface area (Å²) in [6.07, 6.45) is 5.46. The molecule has 0 aliphatic rings. The third-order valence-corrected chi connectivity index (χ3v) is 4.14. The van der Waals surface area contributed by atoms with Gasteiger partial charge in [-0.3, -0.25) is 0 Å². The first-order chi connectivity index (χ1) is 11.9. The molecule has 0 bridgehead atoms. The molecule has 1 heterocycles. The summed E-state index contributed by atoms with van der Waals surface area (Å²) in [6.45, 7) is 8.62. The Morgan fingerprint density at radius 1 is 1.24 bits per heavy atom. The fourth-order valence-electron chi connectivity index (χ4n) is 2.02. The van der Waals surface area contributed by atoms with E-state index in [9.17, 15) is 4.79 Å². The van der Waals surface area contributed by atoms with E-state index in [2.05, 4.69) is 22.4 Å². The Balaban J connectivity index is 1.96. The fourth-order valence-corrected chi connectivity index (χ4v) is 2.79. The molecule has 0 saturated carbocycles. The van der Waals surface area contributed by atoms with Crippen molar-refractivity contribution in [1.29, 1.82) is 0 Å². The van der Waals surface area contributed by atoms with E-state index >= 15 is 0 Å². The smallest absolute Gasteiger partial charge is 0.331 e. The van der Waals surface area contributed by atoms with Crippen molar-refractivity contribution >= 4 is 28.5 Å². The molecule has 0 fully saturated rings. The Hall–Kier alpha value is -2.21. The summed E-state index contributed by atoms with van der Waals surface area (Å²) in [7, 11) is 0. The maximum absolute atomic E-state index is 11.7. The van der Waals surface area contributed by atoms with E-state index in [0.717, 1.165) is 40.7 Å². The van der Waals surface area contributed by atoms with Crippen LogP contribution in [-0.2, 0) is 9.53 Å². The van der Waals surface area contributed by atoms with Crippen molar-refractivity contribution in [3.63, 3.8) is 0 Å². The van der Waals surface area contributed by atoms with Crippen molar-refractivity contribution in [2.24, 2.45) is 0 Å². The fraction of sp³-hybridized carbons (Fsp3) is 0.421. The molecule has 6 heteroatoms. The molecule has 1 N–H and O–H groups in total. The molecule has 0 amide bonds. The average molecular weight is 359 g/mol. The van der Waals surface area contributed by atoms with Gasteiger partial charge in [-0.1, -0.05) is 48.9 Å². The van der Waals surface area contributed by atoms with Gasteiger partial charge >= 0.3 is 5.97 Å². The number of esters is 1. The number of hydrogen-bond donors (Lipinski definition) is 1. The topological polar surface area (TPSA) is 64.1 Å². The largest absolute Gasteiger partial charge is 0.457 e. The predicted molar refractivity (Wildman–Crippen MR) is 104 cm³/mol. The Bertz CT molecular complexity index is 715. The molecule has 2 rings (SSSR count). The molecule has 5 nitrogen and oxygen atoms in total. The van der Waals surface area contributed by atoms with Gasteiger partial charge in [0.1, 0.15) is 10.6 Å². The minimum absolute atomic E-state index is 0.344. The molecule has 0 aliphatic heterocycles. The van der Waals surface area contributed by atoms with Crippen LogP contribution in [0.25, 0.3) is 16.6 Å². The Morgan fingerprint density at radius 3 is 2.60 bits per heavy atom. The van der Waals surface area contributed by atoms with Crippen molar-refractivity contribution in [2.75, 3.05) is 11.9 Å². The van der Waals surface area contributed by atoms with Crippen molar-refractivity contribution in [2.45, 2.75) is 46.1 Å². The summed E-state index contributed by atoms with van der Waals surface area (Å²) < 4.78 is 5.25. The van der Waals surface area contributed by atoms with Crippen molar-refractivity contribution in [3.8, 4) is 10.6 Å². The third kappa shape index (κ3) is 6.66. The molecule has 134 valence electrons. The second kappa shape index (κ2) is 8.76. The number of hydrogen-bond acceptors (Lipinski definition) is 6. The van der Waals surface area contributed by atoms with Crippen molar-refractivity contribution < 1.29 is 9.53 Å². The van der Waals surface area contributed by atoms with Gasteiger partial charge in [0.05, 0.1) is 0 Å². The van der Waals surface area contributed by atoms with Crippen LogP contribution in [0.4, 0.5) is 5.13 Å². The summed E-state index contributed by atoms with van der Waals surface area (Å²) in [4.78, 5) is 11.7. The van der Waals surface area contributed by atoms with Gasteiger partial charge in [0.25, 0.3) is 0 Å². The first-order valence-electron chi connectivity index (χ1n) is 8.46. The molecule has 0 atom stereocenters. The Morgan fingerprint density at radius 2 is 1.96 bits per heavy atom. The van der Waals surface area contributed by atoms with Crippen LogP contribution in [0, 0.1) is 0 Å². The molecule has 0 saturated heterocycles. The quantitative estimate of drug-likeness (QED) is 0.438. The highest BCUT2D eigenvalue weighted by atomic mass is 32.1. The van der Waals surface area contributed by atoms with E-state index in [-0.39, 0.29) is 5.97 Å². The average Bonchev–Trinajstić information content (AvgIpc) is 3.01. The Kier molecular flexibility index (Phi) is 6.70. The number of carbonyl (C=O) groups is 1. The van der Waals surface area contributed by atoms with Crippen LogP contribution >= 0.6 is 11.3 Å². The lowest BCUT2D eigenvalue weighted by molar-refractivity contribution is -0.148. The zero-order valence-electron chi connectivity index (χ0n) is 15.2. The number of carbonyl (C=O) groups excluding carboxylic acids is 1. The molecule has 0 radical (unpaired) electrons. The number of aromatic nitrogens is 2. The van der Waals surface area contributed by atoms with E-state index in [4.69, 9.17) is 4.74 Å². The molecule has 25 heavy (non-hydrogen) atoms. The van der Waals surface area contributed by atoms with Gasteiger partial charge in [0.15, 0.2) is 0 Å². The molecule has 0 unspecified atom stereocenters. The van der Waals surface area contributed by atoms with Gasteiger partial charge in [-0.05, 0) is 38.8 Å². The van der Waals surface area contributed by atoms with Gasteiger partial charge in [-0.2, -0.15) is 0 Å². The van der Waals surface area contributed by atoms with E-state index in [1.54, 1.807) is 17.4 Å². The standard InChI is InChI=1S/C19H25N3O2S/c1-5-6-13-20-18-22-21-17(25-18)15-10-7-14(8-11-15)9-12-16(23)24-19(2,3)4/h7-12H,5-6,13H2,1-4H3,(H,20,22). The second-order valence-corrected chi connectivity index (χ2v) is 7.66. The number of ether oxygens (including phenoxy) is 1. The van der Waals surface area contributed by atoms with Crippen LogP contribution in [0.1, 0.15) is 46.1 Å². The van der Waals surface area contributed by atoms with Crippen LogP contribution in [0.2, 0.25) is 0 Å². The zero-order chi connectivity index (χ0) is 18.3. The summed E-state index contributed by atoms with van der Waals surface area (Å²) in [5.41, 5.74) is 1.46. The number of anilines is 1. The van der Waals surface area contributed by atoms with E-state index in [1.807, 2.05) is 45.0 Å². The number of nitrogens with one attached hydrogen (secondary N) is 1. The molecule has 2 aromatic rings. The maximum atomic E-state index is 11.7. The minimum Gasteiger partial charge on any atom is -0.457 e. The third-order valence-electron chi connectivity index (χ3n) is 3.21. The minimum atomic E-state index is -0.480. The van der Waals surface area contributed by atoms with Crippen LogP contribution < -0.4 is 5.32 Å². The van der Waals surface area contributed by atoms with E-state index in [1.165, 1.54) is 6.08 Å². The molecule has 0 spiro atoms. The van der Waals surface area contributed by atoms with Gasteiger partial charge < -0.3 is 10.1 Å². The van der Waals surface area contributed by atoms with Crippen molar-refractivity contribution in [1.82, 2.24) is 10.2 Å². The van der Waals surface area contributed by atoms with E-state index in [0.29, 0.717) is 0 Å². The zero-order valence-corrected chi connectivity index (χ0v) is 16.0. The van der Waals surface area contributed by atoms with Gasteiger partial charge in [-0.25, -0.2) is 4.79 Å². The molecular weight excluding hydrogens is 334 g/mol. The lowest BCUT2D eigenvalue weighted by Crippen LogP contribution is -2.22. The Labute approximate surface area is 153 Å². The first kappa shape index (κ1) is 19.1. The van der Waals surface area contributed by atoms with Crippen LogP contribution in [0.3, 0.4) is 0 Å². The lowest BCUT2D eigenvalue weighted by atomic mass is 10.1.